The largest absolute Gasteiger partial charge is 0.473 e. The third-order valence-corrected chi connectivity index (χ3v) is 11.7. The number of nitrogens with one attached hydrogen (secondary N) is 4. The van der Waals surface area contributed by atoms with E-state index in [2.05, 4.69) is 44.4 Å². The number of hydrogen-bond acceptors (Lipinski definition) is 11. The van der Waals surface area contributed by atoms with Gasteiger partial charge >= 0.3 is 0 Å². The average Bonchev–Trinajstić information content (AvgIpc) is 3.68. The smallest absolute Gasteiger partial charge is 0.268 e. The van der Waals surface area contributed by atoms with Gasteiger partial charge in [0, 0.05) is 68.9 Å². The number of halogens is 3. The fourth-order valence-corrected chi connectivity index (χ4v) is 8.00. The first-order chi connectivity index (χ1) is 27.8. The maximum Gasteiger partial charge on any atom is 0.268 e. The van der Waals surface area contributed by atoms with E-state index in [1.54, 1.807) is 30.5 Å². The van der Waals surface area contributed by atoms with Gasteiger partial charge in [0.05, 0.1) is 41.1 Å². The van der Waals surface area contributed by atoms with Gasteiger partial charge in [0.25, 0.3) is 15.9 Å². The number of aromatic amines is 1. The Morgan fingerprint density at radius 1 is 1.00 bits per heavy atom. The van der Waals surface area contributed by atoms with Crippen LogP contribution in [-0.4, -0.2) is 86.8 Å². The molecule has 3 aromatic carbocycles. The summed E-state index contributed by atoms with van der Waals surface area (Å²) in [5, 5.41) is 15.0. The van der Waals surface area contributed by atoms with Crippen LogP contribution < -0.4 is 24.8 Å². The van der Waals surface area contributed by atoms with E-state index in [4.69, 9.17) is 42.1 Å². The molecule has 7 rings (SSSR count). The van der Waals surface area contributed by atoms with Gasteiger partial charge < -0.3 is 29.6 Å². The summed E-state index contributed by atoms with van der Waals surface area (Å²) in [5.41, 5.74) is 2.90. The van der Waals surface area contributed by atoms with Crippen LogP contribution in [0.2, 0.25) is 10.0 Å². The normalized spacial score (nSPS) is 16.6. The predicted octanol–water partition coefficient (Wildman–Crippen LogP) is 7.73. The fraction of sp³-hybridized carbons (Fsp3) is 0.341. The Morgan fingerprint density at radius 2 is 1.79 bits per heavy atom. The van der Waals surface area contributed by atoms with Crippen molar-refractivity contribution in [1.82, 2.24) is 25.2 Å². The van der Waals surface area contributed by atoms with Gasteiger partial charge in [-0.2, -0.15) is 5.10 Å². The summed E-state index contributed by atoms with van der Waals surface area (Å²) >= 11 is 12.5. The molecule has 1 fully saturated rings. The van der Waals surface area contributed by atoms with Crippen LogP contribution in [0.15, 0.2) is 89.6 Å². The summed E-state index contributed by atoms with van der Waals surface area (Å²) in [4.78, 5) is 17.3. The van der Waals surface area contributed by atoms with Gasteiger partial charge in [0.2, 0.25) is 5.88 Å². The first-order valence-electron chi connectivity index (χ1n) is 18.7. The van der Waals surface area contributed by atoms with E-state index < -0.39 is 26.5 Å². The minimum absolute atomic E-state index is 0.0571. The lowest BCUT2D eigenvalue weighted by Crippen LogP contribution is -2.37. The minimum atomic E-state index is -4.49. The molecule has 4 N–H and O–H groups in total. The molecule has 2 aromatic heterocycles. The Morgan fingerprint density at radius 3 is 2.57 bits per heavy atom. The summed E-state index contributed by atoms with van der Waals surface area (Å²) in [6.45, 7) is 6.62. The predicted molar refractivity (Wildman–Crippen MR) is 220 cm³/mol. The third-order valence-electron chi connectivity index (χ3n) is 9.90. The molecule has 0 radical (unpaired) electrons. The number of aromatic nitrogens is 3. The molecule has 58 heavy (non-hydrogen) atoms. The molecule has 1 saturated heterocycles. The summed E-state index contributed by atoms with van der Waals surface area (Å²) < 4.78 is 67.1. The molecule has 306 valence electrons. The summed E-state index contributed by atoms with van der Waals surface area (Å²) in [6, 6.07) is 19.0. The number of nitrogens with zero attached hydrogens (tertiary/aromatic N) is 2. The van der Waals surface area contributed by atoms with E-state index in [0.717, 1.165) is 24.2 Å². The van der Waals surface area contributed by atoms with Crippen molar-refractivity contribution in [3.05, 3.63) is 106 Å². The molecule has 0 unspecified atom stereocenters. The van der Waals surface area contributed by atoms with Crippen molar-refractivity contribution in [3.63, 3.8) is 0 Å². The van der Waals surface area contributed by atoms with Crippen LogP contribution >= 0.6 is 23.2 Å². The van der Waals surface area contributed by atoms with Crippen molar-refractivity contribution in [3.8, 4) is 17.4 Å². The molecule has 2 aliphatic rings. The summed E-state index contributed by atoms with van der Waals surface area (Å²) in [5.74, 6) is -0.607. The van der Waals surface area contributed by atoms with Crippen molar-refractivity contribution < 1.29 is 36.6 Å². The molecular formula is C41H43Cl2FN6O7S. The lowest BCUT2D eigenvalue weighted by atomic mass is 9.87. The Kier molecular flexibility index (Phi) is 12.6. The zero-order valence-electron chi connectivity index (χ0n) is 31.9. The molecular weight excluding hydrogens is 810 g/mol. The number of sulfonamides is 1. The molecule has 2 aliphatic heterocycles. The summed E-state index contributed by atoms with van der Waals surface area (Å²) in [7, 11) is -4.49. The number of rotatable bonds is 15. The number of benzene rings is 3. The van der Waals surface area contributed by atoms with Crippen LogP contribution in [0.25, 0.3) is 16.5 Å². The van der Waals surface area contributed by atoms with Crippen LogP contribution in [0.1, 0.15) is 49.0 Å². The molecule has 0 spiro atoms. The molecule has 13 nitrogen and oxygen atoms in total. The van der Waals surface area contributed by atoms with Gasteiger partial charge in [-0.15, -0.1) is 0 Å². The van der Waals surface area contributed by atoms with Crippen LogP contribution in [0.5, 0.6) is 17.4 Å². The lowest BCUT2D eigenvalue weighted by molar-refractivity contribution is -0.0331. The highest BCUT2D eigenvalue weighted by Gasteiger charge is 2.34. The monoisotopic (exact) mass is 852 g/mol. The second kappa shape index (κ2) is 17.6. The van der Waals surface area contributed by atoms with Crippen LogP contribution in [0, 0.1) is 0 Å². The number of hydrogen-bond donors (Lipinski definition) is 4. The average molecular weight is 854 g/mol. The van der Waals surface area contributed by atoms with Crippen molar-refractivity contribution in [1.29, 1.82) is 0 Å². The van der Waals surface area contributed by atoms with E-state index in [1.165, 1.54) is 17.2 Å². The standard InChI is InChI=1S/C41H43Cl2FN6O7S/c1-40(2)20-32(26-6-8-28(42)9-7-26)27(24-56-40)21-45-14-15-46-29-10-11-31(37(18-29)57-36-5-3-4-35-33(36)23-48-49-35)38(51)50-58(52,53)30-19-34(43)39(47-22-30)55-25-41(44)12-16-54-17-13-41/h3-11,18-19,22-23,45-46H,12-17,20-21,24-25H2,1-2H3,(H,48,49)(H,50,51). The van der Waals surface area contributed by atoms with E-state index >= 15 is 4.39 Å². The quantitative estimate of drug-likeness (QED) is 0.0762. The number of amides is 1. The van der Waals surface area contributed by atoms with E-state index in [-0.39, 0.29) is 60.5 Å². The van der Waals surface area contributed by atoms with Crippen LogP contribution in [-0.2, 0) is 19.5 Å². The topological polar surface area (TPSA) is 166 Å². The Bertz CT molecular complexity index is 2420. The summed E-state index contributed by atoms with van der Waals surface area (Å²) in [6.07, 6.45) is 3.66. The molecule has 0 saturated carbocycles. The second-order valence-corrected chi connectivity index (χ2v) is 17.3. The van der Waals surface area contributed by atoms with Crippen LogP contribution in [0.4, 0.5) is 10.1 Å². The number of fused-ring (bicyclic) bond motifs is 1. The van der Waals surface area contributed by atoms with Gasteiger partial charge in [0.15, 0.2) is 0 Å². The van der Waals surface area contributed by atoms with Gasteiger partial charge in [-0.3, -0.25) is 9.89 Å². The van der Waals surface area contributed by atoms with Gasteiger partial charge in [-0.25, -0.2) is 22.5 Å². The van der Waals surface area contributed by atoms with E-state index in [1.807, 2.05) is 30.3 Å². The van der Waals surface area contributed by atoms with E-state index in [9.17, 15) is 13.2 Å². The molecule has 4 heterocycles. The van der Waals surface area contributed by atoms with Crippen molar-refractivity contribution in [2.75, 3.05) is 51.4 Å². The molecule has 17 heteroatoms. The SMILES string of the molecule is CC1(C)CC(c2ccc(Cl)cc2)=C(CNCCNc2ccc(C(=O)NS(=O)(=O)c3cnc(OCC4(F)CCOCC4)c(Cl)c3)c(Oc3cccc4[nH]ncc34)c2)CO1. The first kappa shape index (κ1) is 41.4. The fourth-order valence-electron chi connectivity index (χ4n) is 6.65. The molecule has 5 aromatic rings. The van der Waals surface area contributed by atoms with Gasteiger partial charge in [0.1, 0.15) is 33.7 Å². The Hall–Kier alpha value is -4.77. The maximum absolute atomic E-state index is 15.0. The number of ether oxygens (including phenoxy) is 4. The number of carbonyl (C=O) groups excluding carboxylic acids is 1. The molecule has 0 aliphatic carbocycles. The Balaban J connectivity index is 1.04. The molecule has 1 amide bonds. The first-order valence-corrected chi connectivity index (χ1v) is 20.9. The van der Waals surface area contributed by atoms with Crippen LogP contribution in [0.3, 0.4) is 0 Å². The number of H-pyrrole nitrogens is 1. The third kappa shape index (κ3) is 10.1. The molecule has 0 bridgehead atoms. The van der Waals surface area contributed by atoms with Gasteiger partial charge in [-0.1, -0.05) is 41.4 Å². The van der Waals surface area contributed by atoms with Crippen molar-refractivity contribution >= 4 is 61.3 Å². The molecule has 0 atom stereocenters. The maximum atomic E-state index is 15.0. The highest BCUT2D eigenvalue weighted by atomic mass is 35.5. The Labute approximate surface area is 345 Å². The van der Waals surface area contributed by atoms with Crippen molar-refractivity contribution in [2.24, 2.45) is 0 Å². The van der Waals surface area contributed by atoms with Gasteiger partial charge in [-0.05, 0) is 73.0 Å². The van der Waals surface area contributed by atoms with Crippen molar-refractivity contribution in [2.45, 2.75) is 49.3 Å². The highest BCUT2D eigenvalue weighted by molar-refractivity contribution is 7.90. The zero-order chi connectivity index (χ0) is 40.9. The second-order valence-electron chi connectivity index (χ2n) is 14.8. The minimum Gasteiger partial charge on any atom is -0.473 e. The lowest BCUT2D eigenvalue weighted by Gasteiger charge is -2.34. The number of anilines is 1. The highest BCUT2D eigenvalue weighted by Crippen LogP contribution is 2.36. The number of alkyl halides is 1. The van der Waals surface area contributed by atoms with E-state index in [0.29, 0.717) is 53.6 Å². The number of carbonyl (C=O) groups is 1. The zero-order valence-corrected chi connectivity index (χ0v) is 34.2. The number of pyridine rings is 1.